The van der Waals surface area contributed by atoms with Gasteiger partial charge >= 0.3 is 0 Å². The number of nitrogens with one attached hydrogen (secondary N) is 1. The van der Waals surface area contributed by atoms with Crippen molar-refractivity contribution >= 4 is 38.9 Å². The SMILES string of the molecule is Cc1c(Cl)cccc1N(CCCC(=O)Nc1cccc(F)c1)S(C)(=O)=O. The fourth-order valence-electron chi connectivity index (χ4n) is 2.50. The molecule has 2 rings (SSSR count). The van der Waals surface area contributed by atoms with Crippen LogP contribution in [0.1, 0.15) is 18.4 Å². The average Bonchev–Trinajstić information content (AvgIpc) is 2.53. The molecule has 0 saturated carbocycles. The van der Waals surface area contributed by atoms with E-state index in [0.29, 0.717) is 28.4 Å². The van der Waals surface area contributed by atoms with E-state index in [1.807, 2.05) is 0 Å². The van der Waals surface area contributed by atoms with Gasteiger partial charge in [0.15, 0.2) is 0 Å². The first-order chi connectivity index (χ1) is 12.2. The van der Waals surface area contributed by atoms with Crippen LogP contribution in [0.4, 0.5) is 15.8 Å². The summed E-state index contributed by atoms with van der Waals surface area (Å²) in [7, 11) is -3.53. The van der Waals surface area contributed by atoms with E-state index in [9.17, 15) is 17.6 Å². The van der Waals surface area contributed by atoms with E-state index >= 15 is 0 Å². The Morgan fingerprint density at radius 2 is 1.92 bits per heavy atom. The molecule has 2 aromatic carbocycles. The molecule has 1 N–H and O–H groups in total. The maximum absolute atomic E-state index is 13.1. The smallest absolute Gasteiger partial charge is 0.232 e. The number of rotatable bonds is 7. The fourth-order valence-corrected chi connectivity index (χ4v) is 3.69. The van der Waals surface area contributed by atoms with E-state index < -0.39 is 15.8 Å². The molecule has 8 heteroatoms. The fraction of sp³-hybridized carbons (Fsp3) is 0.278. The molecule has 140 valence electrons. The van der Waals surface area contributed by atoms with Crippen LogP contribution in [0.3, 0.4) is 0 Å². The highest BCUT2D eigenvalue weighted by Crippen LogP contribution is 2.28. The topological polar surface area (TPSA) is 66.5 Å². The van der Waals surface area contributed by atoms with Crippen molar-refractivity contribution in [3.05, 3.63) is 58.9 Å². The minimum absolute atomic E-state index is 0.0994. The van der Waals surface area contributed by atoms with Crippen LogP contribution in [0.25, 0.3) is 0 Å². The van der Waals surface area contributed by atoms with Gasteiger partial charge in [-0.25, -0.2) is 12.8 Å². The van der Waals surface area contributed by atoms with E-state index in [1.54, 1.807) is 31.2 Å². The third-order valence-corrected chi connectivity index (χ3v) is 5.37. The van der Waals surface area contributed by atoms with Gasteiger partial charge in [-0.2, -0.15) is 0 Å². The molecule has 0 aromatic heterocycles. The maximum Gasteiger partial charge on any atom is 0.232 e. The van der Waals surface area contributed by atoms with Crippen LogP contribution in [-0.4, -0.2) is 27.1 Å². The summed E-state index contributed by atoms with van der Waals surface area (Å²) in [6.45, 7) is 1.88. The number of halogens is 2. The standard InChI is InChI=1S/C18H20ClFN2O3S/c1-13-16(19)8-4-9-17(13)22(26(2,24)25)11-5-10-18(23)21-15-7-3-6-14(20)12-15/h3-4,6-9,12H,5,10-11H2,1-2H3,(H,21,23). The monoisotopic (exact) mass is 398 g/mol. The van der Waals surface area contributed by atoms with Gasteiger partial charge in [-0.05, 0) is 49.2 Å². The van der Waals surface area contributed by atoms with Gasteiger partial charge in [0.05, 0.1) is 11.9 Å². The van der Waals surface area contributed by atoms with Gasteiger partial charge < -0.3 is 5.32 Å². The zero-order valence-electron chi connectivity index (χ0n) is 14.5. The zero-order valence-corrected chi connectivity index (χ0v) is 16.1. The van der Waals surface area contributed by atoms with Crippen LogP contribution in [0.5, 0.6) is 0 Å². The van der Waals surface area contributed by atoms with Gasteiger partial charge in [-0.1, -0.05) is 23.7 Å². The minimum atomic E-state index is -3.53. The normalized spacial score (nSPS) is 11.2. The lowest BCUT2D eigenvalue weighted by atomic mass is 10.2. The highest BCUT2D eigenvalue weighted by molar-refractivity contribution is 7.92. The summed E-state index contributed by atoms with van der Waals surface area (Å²) in [5.41, 5.74) is 1.51. The second kappa shape index (κ2) is 8.51. The third kappa shape index (κ3) is 5.44. The molecular weight excluding hydrogens is 379 g/mol. The van der Waals surface area contributed by atoms with E-state index in [-0.39, 0.29) is 18.9 Å². The first-order valence-corrected chi connectivity index (χ1v) is 10.2. The highest BCUT2D eigenvalue weighted by atomic mass is 35.5. The third-order valence-electron chi connectivity index (χ3n) is 3.78. The van der Waals surface area contributed by atoms with Gasteiger partial charge in [0.1, 0.15) is 5.82 Å². The Balaban J connectivity index is 2.02. The van der Waals surface area contributed by atoms with Crippen molar-refractivity contribution in [3.8, 4) is 0 Å². The number of hydrogen-bond acceptors (Lipinski definition) is 3. The molecule has 2 aromatic rings. The molecular formula is C18H20ClFN2O3S. The molecule has 0 bridgehead atoms. The Labute approximate surface area is 157 Å². The number of nitrogens with zero attached hydrogens (tertiary/aromatic N) is 1. The summed E-state index contributed by atoms with van der Waals surface area (Å²) in [5.74, 6) is -0.755. The van der Waals surface area contributed by atoms with Crippen molar-refractivity contribution in [1.82, 2.24) is 0 Å². The van der Waals surface area contributed by atoms with Gasteiger partial charge in [-0.3, -0.25) is 9.10 Å². The number of amides is 1. The molecule has 0 atom stereocenters. The summed E-state index contributed by atoms with van der Waals surface area (Å²) in [5, 5.41) is 3.06. The molecule has 0 aliphatic carbocycles. The molecule has 0 heterocycles. The summed E-state index contributed by atoms with van der Waals surface area (Å²) < 4.78 is 38.6. The van der Waals surface area contributed by atoms with E-state index in [0.717, 1.165) is 6.26 Å². The van der Waals surface area contributed by atoms with Crippen LogP contribution >= 0.6 is 11.6 Å². The number of sulfonamides is 1. The molecule has 5 nitrogen and oxygen atoms in total. The first-order valence-electron chi connectivity index (χ1n) is 7.97. The van der Waals surface area contributed by atoms with Gasteiger partial charge in [0.2, 0.25) is 15.9 Å². The van der Waals surface area contributed by atoms with Crippen molar-refractivity contribution in [2.45, 2.75) is 19.8 Å². The van der Waals surface area contributed by atoms with Crippen molar-refractivity contribution in [2.75, 3.05) is 22.4 Å². The maximum atomic E-state index is 13.1. The summed E-state index contributed by atoms with van der Waals surface area (Å²) in [6, 6.07) is 10.6. The zero-order chi connectivity index (χ0) is 19.3. The number of hydrogen-bond donors (Lipinski definition) is 1. The molecule has 0 spiro atoms. The molecule has 0 radical (unpaired) electrons. The molecule has 0 fully saturated rings. The summed E-state index contributed by atoms with van der Waals surface area (Å²) in [4.78, 5) is 12.0. The van der Waals surface area contributed by atoms with Gasteiger partial charge in [0, 0.05) is 23.7 Å². The lowest BCUT2D eigenvalue weighted by molar-refractivity contribution is -0.116. The predicted octanol–water partition coefficient (Wildman–Crippen LogP) is 3.97. The molecule has 0 saturated heterocycles. The molecule has 0 unspecified atom stereocenters. The Morgan fingerprint density at radius 3 is 2.58 bits per heavy atom. The Morgan fingerprint density at radius 1 is 1.23 bits per heavy atom. The average molecular weight is 399 g/mol. The lowest BCUT2D eigenvalue weighted by Gasteiger charge is -2.24. The lowest BCUT2D eigenvalue weighted by Crippen LogP contribution is -2.32. The predicted molar refractivity (Wildman–Crippen MR) is 103 cm³/mol. The second-order valence-electron chi connectivity index (χ2n) is 5.88. The second-order valence-corrected chi connectivity index (χ2v) is 8.20. The molecule has 26 heavy (non-hydrogen) atoms. The van der Waals surface area contributed by atoms with Gasteiger partial charge in [-0.15, -0.1) is 0 Å². The minimum Gasteiger partial charge on any atom is -0.326 e. The largest absolute Gasteiger partial charge is 0.326 e. The number of anilines is 2. The number of carbonyl (C=O) groups excluding carboxylic acids is 1. The Kier molecular flexibility index (Phi) is 6.61. The van der Waals surface area contributed by atoms with E-state index in [2.05, 4.69) is 5.32 Å². The molecule has 1 amide bonds. The number of carbonyl (C=O) groups is 1. The van der Waals surface area contributed by atoms with Crippen molar-refractivity contribution < 1.29 is 17.6 Å². The Bertz CT molecular complexity index is 903. The number of benzene rings is 2. The van der Waals surface area contributed by atoms with Crippen molar-refractivity contribution in [2.24, 2.45) is 0 Å². The van der Waals surface area contributed by atoms with Crippen LogP contribution in [-0.2, 0) is 14.8 Å². The van der Waals surface area contributed by atoms with Crippen molar-refractivity contribution in [1.29, 1.82) is 0 Å². The van der Waals surface area contributed by atoms with Crippen molar-refractivity contribution in [3.63, 3.8) is 0 Å². The van der Waals surface area contributed by atoms with Crippen LogP contribution < -0.4 is 9.62 Å². The van der Waals surface area contributed by atoms with E-state index in [1.165, 1.54) is 22.5 Å². The van der Waals surface area contributed by atoms with E-state index in [4.69, 9.17) is 11.6 Å². The van der Waals surface area contributed by atoms with Gasteiger partial charge in [0.25, 0.3) is 0 Å². The highest BCUT2D eigenvalue weighted by Gasteiger charge is 2.20. The first kappa shape index (κ1) is 20.2. The summed E-state index contributed by atoms with van der Waals surface area (Å²) in [6.07, 6.45) is 1.52. The Hall–Kier alpha value is -2.12. The molecule has 0 aliphatic rings. The van der Waals surface area contributed by atoms with Crippen LogP contribution in [0.15, 0.2) is 42.5 Å². The van der Waals surface area contributed by atoms with Crippen LogP contribution in [0.2, 0.25) is 5.02 Å². The molecule has 0 aliphatic heterocycles. The van der Waals surface area contributed by atoms with Crippen LogP contribution in [0, 0.1) is 12.7 Å². The quantitative estimate of drug-likeness (QED) is 0.767. The summed E-state index contributed by atoms with van der Waals surface area (Å²) >= 11 is 6.08.